The molecule has 1 aromatic carbocycles. The first-order valence-electron chi connectivity index (χ1n) is 12.9. The fourth-order valence-corrected chi connectivity index (χ4v) is 4.65. The Bertz CT molecular complexity index is 1220. The Hall–Kier alpha value is -3.92. The Kier molecular flexibility index (Phi) is 8.73. The molecular weight excluding hydrogens is 465 g/mol. The van der Waals surface area contributed by atoms with Crippen LogP contribution in [0.2, 0.25) is 0 Å². The van der Waals surface area contributed by atoms with Gasteiger partial charge in [0.25, 0.3) is 0 Å². The lowest BCUT2D eigenvalue weighted by Gasteiger charge is -2.34. The number of likely N-dealkylation sites (N-methyl/N-ethyl adjacent to an activating group) is 1. The summed E-state index contributed by atoms with van der Waals surface area (Å²) in [7, 11) is 1.68. The molecule has 0 radical (unpaired) electrons. The molecule has 0 saturated carbocycles. The smallest absolute Gasteiger partial charge is 0.226 e. The maximum Gasteiger partial charge on any atom is 0.226 e. The van der Waals surface area contributed by atoms with E-state index in [1.807, 2.05) is 47.7 Å². The van der Waals surface area contributed by atoms with Gasteiger partial charge in [-0.3, -0.25) is 9.79 Å². The van der Waals surface area contributed by atoms with Crippen LogP contribution in [0.25, 0.3) is 5.57 Å². The maximum atomic E-state index is 13.9. The minimum absolute atomic E-state index is 0.0417. The lowest BCUT2D eigenvalue weighted by atomic mass is 9.93. The number of rotatable bonds is 7. The first-order chi connectivity index (χ1) is 18.0. The van der Waals surface area contributed by atoms with Crippen molar-refractivity contribution in [2.75, 3.05) is 20.1 Å². The van der Waals surface area contributed by atoms with Crippen LogP contribution in [0.4, 0.5) is 4.39 Å². The van der Waals surface area contributed by atoms with Crippen LogP contribution in [0.15, 0.2) is 82.8 Å². The molecule has 1 saturated heterocycles. The van der Waals surface area contributed by atoms with Crippen molar-refractivity contribution in [1.82, 2.24) is 15.1 Å². The number of alkyl halides is 1. The SMILES string of the molecule is CC/C=N\C=C1/CC=C(c2cccc(C#N)c2)C=C1NC1CCN(C(=O)CC2=CC(F)N(C)C=C2)CC1. The summed E-state index contributed by atoms with van der Waals surface area (Å²) in [5.41, 5.74) is 5.61. The second-order valence-electron chi connectivity index (χ2n) is 9.58. The highest BCUT2D eigenvalue weighted by Gasteiger charge is 2.25. The van der Waals surface area contributed by atoms with E-state index in [1.165, 1.54) is 11.0 Å². The minimum Gasteiger partial charge on any atom is -0.382 e. The Morgan fingerprint density at radius 1 is 1.32 bits per heavy atom. The van der Waals surface area contributed by atoms with Gasteiger partial charge in [-0.05, 0) is 78.3 Å². The van der Waals surface area contributed by atoms with Gasteiger partial charge in [0.15, 0.2) is 6.30 Å². The van der Waals surface area contributed by atoms with E-state index in [0.717, 1.165) is 53.7 Å². The van der Waals surface area contributed by atoms with Gasteiger partial charge in [-0.25, -0.2) is 4.39 Å². The lowest BCUT2D eigenvalue weighted by molar-refractivity contribution is -0.131. The Balaban J connectivity index is 1.41. The Morgan fingerprint density at radius 2 is 2.14 bits per heavy atom. The highest BCUT2D eigenvalue weighted by atomic mass is 19.1. The molecule has 0 spiro atoms. The third kappa shape index (κ3) is 6.85. The molecule has 2 heterocycles. The molecule has 1 unspecified atom stereocenters. The number of aliphatic imine (C=N–C) groups is 1. The van der Waals surface area contributed by atoms with Crippen molar-refractivity contribution >= 4 is 17.7 Å². The van der Waals surface area contributed by atoms with E-state index in [2.05, 4.69) is 35.5 Å². The van der Waals surface area contributed by atoms with Crippen molar-refractivity contribution in [1.29, 1.82) is 5.26 Å². The molecule has 0 aromatic heterocycles. The van der Waals surface area contributed by atoms with Gasteiger partial charge in [0.1, 0.15) is 0 Å². The van der Waals surface area contributed by atoms with Crippen molar-refractivity contribution < 1.29 is 9.18 Å². The van der Waals surface area contributed by atoms with E-state index in [4.69, 9.17) is 0 Å². The number of halogens is 1. The van der Waals surface area contributed by atoms with Crippen LogP contribution >= 0.6 is 0 Å². The standard InChI is InChI=1S/C30H34FN5O/c1-3-12-33-21-26-8-7-25(24-6-4-5-23(16-24)20-32)19-28(26)34-27-10-14-36(15-11-27)30(37)18-22-9-13-35(2)29(31)17-22/h4-7,9,12-13,16-17,19,21,27,29,34H,3,8,10-11,14-15,18H2,1-2H3/b26-21+,33-12-. The molecule has 2 aliphatic heterocycles. The van der Waals surface area contributed by atoms with E-state index in [0.29, 0.717) is 18.7 Å². The topological polar surface area (TPSA) is 71.7 Å². The summed E-state index contributed by atoms with van der Waals surface area (Å²) in [4.78, 5) is 20.6. The zero-order chi connectivity index (χ0) is 26.2. The molecular formula is C30H34FN5O. The third-order valence-corrected chi connectivity index (χ3v) is 6.86. The van der Waals surface area contributed by atoms with Crippen molar-refractivity contribution in [3.05, 3.63) is 88.9 Å². The molecule has 1 fully saturated rings. The number of nitrogens with zero attached hydrogens (tertiary/aromatic N) is 4. The quantitative estimate of drug-likeness (QED) is 0.411. The number of piperidine rings is 1. The third-order valence-electron chi connectivity index (χ3n) is 6.86. The monoisotopic (exact) mass is 499 g/mol. The zero-order valence-corrected chi connectivity index (χ0v) is 21.5. The molecule has 37 heavy (non-hydrogen) atoms. The largest absolute Gasteiger partial charge is 0.382 e. The predicted octanol–water partition coefficient (Wildman–Crippen LogP) is 5.25. The van der Waals surface area contributed by atoms with E-state index >= 15 is 0 Å². The van der Waals surface area contributed by atoms with Gasteiger partial charge in [-0.1, -0.05) is 25.1 Å². The van der Waals surface area contributed by atoms with Crippen molar-refractivity contribution in [3.63, 3.8) is 0 Å². The number of allylic oxidation sites excluding steroid dienone is 5. The molecule has 3 aliphatic rings. The molecule has 1 aliphatic carbocycles. The Morgan fingerprint density at radius 3 is 2.86 bits per heavy atom. The second kappa shape index (κ2) is 12.4. The number of nitrogens with one attached hydrogen (secondary N) is 1. The lowest BCUT2D eigenvalue weighted by Crippen LogP contribution is -2.45. The predicted molar refractivity (Wildman–Crippen MR) is 146 cm³/mol. The van der Waals surface area contributed by atoms with E-state index in [1.54, 1.807) is 13.2 Å². The number of benzene rings is 1. The summed E-state index contributed by atoms with van der Waals surface area (Å²) in [5, 5.41) is 13.0. The maximum absolute atomic E-state index is 13.9. The molecule has 1 N–H and O–H groups in total. The van der Waals surface area contributed by atoms with Gasteiger partial charge in [-0.2, -0.15) is 5.26 Å². The summed E-state index contributed by atoms with van der Waals surface area (Å²) < 4.78 is 13.9. The molecule has 7 heteroatoms. The van der Waals surface area contributed by atoms with Crippen molar-refractivity contribution in [2.45, 2.75) is 51.4 Å². The summed E-state index contributed by atoms with van der Waals surface area (Å²) in [6.07, 6.45) is 15.4. The van der Waals surface area contributed by atoms with E-state index in [9.17, 15) is 14.4 Å². The van der Waals surface area contributed by atoms with Crippen LogP contribution in [0.5, 0.6) is 0 Å². The highest BCUT2D eigenvalue weighted by molar-refractivity contribution is 5.80. The second-order valence-corrected chi connectivity index (χ2v) is 9.58. The van der Waals surface area contributed by atoms with Gasteiger partial charge in [0.05, 0.1) is 18.1 Å². The molecule has 6 nitrogen and oxygen atoms in total. The van der Waals surface area contributed by atoms with Crippen LogP contribution in [0.1, 0.15) is 50.2 Å². The van der Waals surface area contributed by atoms with Crippen LogP contribution < -0.4 is 5.32 Å². The van der Waals surface area contributed by atoms with Gasteiger partial charge in [0, 0.05) is 50.5 Å². The summed E-state index contributed by atoms with van der Waals surface area (Å²) in [6, 6.07) is 10.1. The van der Waals surface area contributed by atoms with E-state index < -0.39 is 6.30 Å². The molecule has 4 rings (SSSR count). The summed E-state index contributed by atoms with van der Waals surface area (Å²) >= 11 is 0. The van der Waals surface area contributed by atoms with Crippen LogP contribution in [0.3, 0.4) is 0 Å². The number of amides is 1. The number of nitriles is 1. The van der Waals surface area contributed by atoms with Crippen molar-refractivity contribution in [3.8, 4) is 6.07 Å². The van der Waals surface area contributed by atoms with Crippen LogP contribution in [-0.2, 0) is 4.79 Å². The minimum atomic E-state index is -1.18. The molecule has 192 valence electrons. The summed E-state index contributed by atoms with van der Waals surface area (Å²) in [6.45, 7) is 3.39. The van der Waals surface area contributed by atoms with Gasteiger partial charge >= 0.3 is 0 Å². The van der Waals surface area contributed by atoms with Gasteiger partial charge in [0.2, 0.25) is 5.91 Å². The van der Waals surface area contributed by atoms with Gasteiger partial charge < -0.3 is 15.1 Å². The molecule has 0 bridgehead atoms. The normalized spacial score (nSPS) is 21.5. The molecule has 1 amide bonds. The average Bonchev–Trinajstić information content (AvgIpc) is 2.92. The average molecular weight is 500 g/mol. The van der Waals surface area contributed by atoms with Gasteiger partial charge in [-0.15, -0.1) is 0 Å². The van der Waals surface area contributed by atoms with E-state index in [-0.39, 0.29) is 18.4 Å². The van der Waals surface area contributed by atoms with Crippen LogP contribution in [0, 0.1) is 11.3 Å². The fourth-order valence-electron chi connectivity index (χ4n) is 4.65. The number of hydrogen-bond acceptors (Lipinski definition) is 5. The number of likely N-dealkylation sites (tertiary alicyclic amines) is 1. The molecule has 1 aromatic rings. The highest BCUT2D eigenvalue weighted by Crippen LogP contribution is 2.29. The summed E-state index contributed by atoms with van der Waals surface area (Å²) in [5.74, 6) is 0.0417. The van der Waals surface area contributed by atoms with Crippen LogP contribution in [-0.4, -0.2) is 54.4 Å². The first kappa shape index (κ1) is 26.2. The first-order valence-corrected chi connectivity index (χ1v) is 12.9. The van der Waals surface area contributed by atoms with Crippen molar-refractivity contribution in [2.24, 2.45) is 4.99 Å². The number of hydrogen-bond donors (Lipinski definition) is 1. The molecule has 1 atom stereocenters. The Labute approximate surface area is 218 Å². The number of carbonyl (C=O) groups excluding carboxylic acids is 1. The number of carbonyl (C=O) groups is 1. The fraction of sp³-hybridized carbons (Fsp3) is 0.367. The zero-order valence-electron chi connectivity index (χ0n) is 21.5.